The highest BCUT2D eigenvalue weighted by molar-refractivity contribution is 5.92. The van der Waals surface area contributed by atoms with Crippen LogP contribution in [0.2, 0.25) is 0 Å². The minimum atomic E-state index is -0.407. The molecule has 0 saturated heterocycles. The van der Waals surface area contributed by atoms with Crippen molar-refractivity contribution in [2.24, 2.45) is 7.05 Å². The van der Waals surface area contributed by atoms with Gasteiger partial charge >= 0.3 is 0 Å². The highest BCUT2D eigenvalue weighted by atomic mass is 19.1. The van der Waals surface area contributed by atoms with Crippen molar-refractivity contribution in [1.82, 2.24) is 15.1 Å². The summed E-state index contributed by atoms with van der Waals surface area (Å²) in [4.78, 5) is 12.4. The largest absolute Gasteiger partial charge is 0.491 e. The molecule has 1 aromatic carbocycles. The highest BCUT2D eigenvalue weighted by Crippen LogP contribution is 2.21. The van der Waals surface area contributed by atoms with Gasteiger partial charge in [-0.05, 0) is 25.0 Å². The van der Waals surface area contributed by atoms with Crippen molar-refractivity contribution in [3.63, 3.8) is 0 Å². The number of hydrogen-bond donors (Lipinski definition) is 1. The number of unbranched alkanes of at least 4 members (excludes halogenated alkanes) is 6. The van der Waals surface area contributed by atoms with Crippen molar-refractivity contribution in [3.05, 3.63) is 47.0 Å². The highest BCUT2D eigenvalue weighted by Gasteiger charge is 2.14. The van der Waals surface area contributed by atoms with Gasteiger partial charge in [-0.2, -0.15) is 5.10 Å². The quantitative estimate of drug-likeness (QED) is 0.469. The topological polar surface area (TPSA) is 56.1 Å². The Labute approximate surface area is 173 Å². The van der Waals surface area contributed by atoms with E-state index in [2.05, 4.69) is 17.3 Å². The van der Waals surface area contributed by atoms with Crippen molar-refractivity contribution in [3.8, 4) is 5.75 Å². The van der Waals surface area contributed by atoms with Crippen LogP contribution in [0, 0.1) is 5.82 Å². The lowest BCUT2D eigenvalue weighted by Gasteiger charge is -2.11. The van der Waals surface area contributed by atoms with Gasteiger partial charge in [0.1, 0.15) is 5.69 Å². The minimum Gasteiger partial charge on any atom is -0.491 e. The van der Waals surface area contributed by atoms with Gasteiger partial charge in [-0.3, -0.25) is 9.48 Å². The predicted molar refractivity (Wildman–Crippen MR) is 114 cm³/mol. The second kappa shape index (κ2) is 12.2. The Balaban J connectivity index is 1.80. The molecule has 2 rings (SSSR count). The molecule has 1 heterocycles. The SMILES string of the molecule is CCCCCCCCCOc1cccc(CNC(=O)c2cc(CC)nn2C)c1F. The number of aromatic nitrogens is 2. The number of ether oxygens (including phenoxy) is 1. The van der Waals surface area contributed by atoms with Crippen LogP contribution in [-0.4, -0.2) is 22.3 Å². The summed E-state index contributed by atoms with van der Waals surface area (Å²) in [6.45, 7) is 4.81. The Kier molecular flexibility index (Phi) is 9.68. The van der Waals surface area contributed by atoms with Gasteiger partial charge in [0, 0.05) is 19.2 Å². The lowest BCUT2D eigenvalue weighted by Crippen LogP contribution is -2.25. The number of carbonyl (C=O) groups excluding carboxylic acids is 1. The number of aryl methyl sites for hydroxylation is 2. The summed E-state index contributed by atoms with van der Waals surface area (Å²) in [5.74, 6) is -0.431. The van der Waals surface area contributed by atoms with Crippen molar-refractivity contribution in [1.29, 1.82) is 0 Å². The number of halogens is 1. The van der Waals surface area contributed by atoms with Crippen molar-refractivity contribution >= 4 is 5.91 Å². The number of rotatable bonds is 13. The van der Waals surface area contributed by atoms with Gasteiger partial charge in [0.15, 0.2) is 11.6 Å². The Bertz CT molecular complexity index is 773. The van der Waals surface area contributed by atoms with E-state index in [-0.39, 0.29) is 18.2 Å². The van der Waals surface area contributed by atoms with E-state index in [1.165, 1.54) is 32.1 Å². The summed E-state index contributed by atoms with van der Waals surface area (Å²) >= 11 is 0. The smallest absolute Gasteiger partial charge is 0.269 e. The molecule has 0 fully saturated rings. The van der Waals surface area contributed by atoms with E-state index in [0.29, 0.717) is 17.9 Å². The molecule has 0 saturated carbocycles. The first kappa shape index (κ1) is 22.9. The molecule has 1 aromatic heterocycles. The maximum atomic E-state index is 14.7. The van der Waals surface area contributed by atoms with E-state index < -0.39 is 5.82 Å². The molecule has 2 aromatic rings. The Morgan fingerprint density at radius 2 is 1.86 bits per heavy atom. The van der Waals surface area contributed by atoms with Gasteiger partial charge in [0.2, 0.25) is 0 Å². The third-order valence-corrected chi connectivity index (χ3v) is 5.01. The van der Waals surface area contributed by atoms with Crippen LogP contribution in [0.5, 0.6) is 5.75 Å². The first-order valence-electron chi connectivity index (χ1n) is 10.8. The normalized spacial score (nSPS) is 10.9. The van der Waals surface area contributed by atoms with Gasteiger partial charge in [0.25, 0.3) is 5.91 Å². The third-order valence-electron chi connectivity index (χ3n) is 5.01. The molecule has 6 heteroatoms. The number of hydrogen-bond acceptors (Lipinski definition) is 3. The number of nitrogens with one attached hydrogen (secondary N) is 1. The zero-order chi connectivity index (χ0) is 21.1. The maximum Gasteiger partial charge on any atom is 0.269 e. The van der Waals surface area contributed by atoms with Gasteiger partial charge in [0.05, 0.1) is 12.3 Å². The summed E-state index contributed by atoms with van der Waals surface area (Å²) in [7, 11) is 1.73. The molecule has 0 atom stereocenters. The van der Waals surface area contributed by atoms with E-state index in [4.69, 9.17) is 4.74 Å². The summed E-state index contributed by atoms with van der Waals surface area (Å²) in [5, 5.41) is 7.04. The van der Waals surface area contributed by atoms with E-state index in [0.717, 1.165) is 25.0 Å². The number of carbonyl (C=O) groups is 1. The average Bonchev–Trinajstić information content (AvgIpc) is 3.11. The monoisotopic (exact) mass is 403 g/mol. The van der Waals surface area contributed by atoms with Crippen molar-refractivity contribution < 1.29 is 13.9 Å². The third kappa shape index (κ3) is 7.18. The standard InChI is InChI=1S/C23H34FN3O2/c1-4-6-7-8-9-10-11-15-29-21-14-12-13-18(22(21)24)17-25-23(28)20-16-19(5-2)26-27(20)3/h12-14,16H,4-11,15,17H2,1-3H3,(H,25,28). The number of benzene rings is 1. The first-order chi connectivity index (χ1) is 14.1. The number of amides is 1. The summed E-state index contributed by atoms with van der Waals surface area (Å²) < 4.78 is 21.9. The van der Waals surface area contributed by atoms with E-state index in [1.807, 2.05) is 6.92 Å². The molecular formula is C23H34FN3O2. The molecule has 1 amide bonds. The molecule has 0 unspecified atom stereocenters. The molecule has 0 spiro atoms. The lowest BCUT2D eigenvalue weighted by atomic mass is 10.1. The van der Waals surface area contributed by atoms with Crippen LogP contribution in [0.4, 0.5) is 4.39 Å². The second-order valence-corrected chi connectivity index (χ2v) is 7.38. The summed E-state index contributed by atoms with van der Waals surface area (Å²) in [6, 6.07) is 6.81. The van der Waals surface area contributed by atoms with Crippen LogP contribution in [0.25, 0.3) is 0 Å². The van der Waals surface area contributed by atoms with Crippen LogP contribution >= 0.6 is 0 Å². The fourth-order valence-corrected chi connectivity index (χ4v) is 3.22. The Morgan fingerprint density at radius 1 is 1.14 bits per heavy atom. The molecule has 1 N–H and O–H groups in total. The van der Waals surface area contributed by atoms with Crippen LogP contribution in [0.1, 0.15) is 80.5 Å². The number of nitrogens with zero attached hydrogens (tertiary/aromatic N) is 2. The molecule has 160 valence electrons. The Hall–Kier alpha value is -2.37. The summed E-state index contributed by atoms with van der Waals surface area (Å²) in [5.41, 5.74) is 1.73. The zero-order valence-corrected chi connectivity index (χ0v) is 18.0. The molecule has 0 radical (unpaired) electrons. The van der Waals surface area contributed by atoms with Gasteiger partial charge in [-0.25, -0.2) is 4.39 Å². The molecule has 29 heavy (non-hydrogen) atoms. The van der Waals surface area contributed by atoms with Crippen LogP contribution in [0.3, 0.4) is 0 Å². The van der Waals surface area contributed by atoms with E-state index >= 15 is 0 Å². The summed E-state index contributed by atoms with van der Waals surface area (Å²) in [6.07, 6.45) is 9.08. The molecule has 0 aliphatic carbocycles. The van der Waals surface area contributed by atoms with E-state index in [9.17, 15) is 9.18 Å². The van der Waals surface area contributed by atoms with E-state index in [1.54, 1.807) is 36.0 Å². The zero-order valence-electron chi connectivity index (χ0n) is 18.0. The van der Waals surface area contributed by atoms with Gasteiger partial charge < -0.3 is 10.1 Å². The second-order valence-electron chi connectivity index (χ2n) is 7.38. The van der Waals surface area contributed by atoms with Crippen molar-refractivity contribution in [2.45, 2.75) is 71.8 Å². The van der Waals surface area contributed by atoms with Crippen LogP contribution in [-0.2, 0) is 20.0 Å². The lowest BCUT2D eigenvalue weighted by molar-refractivity contribution is 0.0941. The van der Waals surface area contributed by atoms with Crippen LogP contribution in [0.15, 0.2) is 24.3 Å². The molecule has 0 bridgehead atoms. The fourth-order valence-electron chi connectivity index (χ4n) is 3.22. The van der Waals surface area contributed by atoms with Crippen LogP contribution < -0.4 is 10.1 Å². The van der Waals surface area contributed by atoms with Crippen molar-refractivity contribution in [2.75, 3.05) is 6.61 Å². The average molecular weight is 404 g/mol. The Morgan fingerprint density at radius 3 is 2.55 bits per heavy atom. The van der Waals surface area contributed by atoms with Gasteiger partial charge in [-0.1, -0.05) is 64.5 Å². The predicted octanol–water partition coefficient (Wildman–Crippen LogP) is 5.18. The molecule has 0 aliphatic heterocycles. The molecule has 0 aliphatic rings. The molecule has 5 nitrogen and oxygen atoms in total. The minimum absolute atomic E-state index is 0.103. The maximum absolute atomic E-state index is 14.7. The first-order valence-corrected chi connectivity index (χ1v) is 10.8. The fraction of sp³-hybridized carbons (Fsp3) is 0.565. The van der Waals surface area contributed by atoms with Gasteiger partial charge in [-0.15, -0.1) is 0 Å². The molecular weight excluding hydrogens is 369 g/mol.